The van der Waals surface area contributed by atoms with Gasteiger partial charge < -0.3 is 15.8 Å². The predicted octanol–water partition coefficient (Wildman–Crippen LogP) is 3.53. The van der Waals surface area contributed by atoms with Crippen LogP contribution >= 0.6 is 12.4 Å². The van der Waals surface area contributed by atoms with E-state index in [0.29, 0.717) is 11.8 Å². The standard InChI is InChI=1S/C18H23F3N2O2.ClH/c19-18(20,21)13-5-2-6-15(9-13)25-10-16(24)23-17-11-3-1-4-12(17)8-14(22)7-11;/h2,5-6,9,11-12,14,17H,1,3-4,7-8,10,22H2,(H,23,24);1H. The summed E-state index contributed by atoms with van der Waals surface area (Å²) in [7, 11) is 0. The summed E-state index contributed by atoms with van der Waals surface area (Å²) in [5.41, 5.74) is 5.28. The first kappa shape index (κ1) is 20.8. The molecule has 2 aliphatic rings. The Labute approximate surface area is 157 Å². The molecule has 2 saturated carbocycles. The van der Waals surface area contributed by atoms with Gasteiger partial charge in [0.25, 0.3) is 5.91 Å². The molecule has 0 aromatic heterocycles. The molecule has 3 N–H and O–H groups in total. The number of alkyl halides is 3. The molecule has 2 unspecified atom stereocenters. The van der Waals surface area contributed by atoms with Crippen molar-refractivity contribution in [1.82, 2.24) is 5.32 Å². The Balaban J connectivity index is 0.00000243. The van der Waals surface area contributed by atoms with Crippen LogP contribution in [0.4, 0.5) is 13.2 Å². The van der Waals surface area contributed by atoms with E-state index in [1.807, 2.05) is 0 Å². The fraction of sp³-hybridized carbons (Fsp3) is 0.611. The molecule has 0 saturated heterocycles. The van der Waals surface area contributed by atoms with E-state index in [2.05, 4.69) is 5.32 Å². The number of carbonyl (C=O) groups excluding carboxylic acids is 1. The second-order valence-corrected chi connectivity index (χ2v) is 7.09. The van der Waals surface area contributed by atoms with Crippen molar-refractivity contribution in [2.24, 2.45) is 17.6 Å². The van der Waals surface area contributed by atoms with Crippen molar-refractivity contribution in [2.45, 2.75) is 50.4 Å². The Morgan fingerprint density at radius 3 is 2.50 bits per heavy atom. The van der Waals surface area contributed by atoms with Gasteiger partial charge in [-0.2, -0.15) is 13.2 Å². The second kappa shape index (κ2) is 8.48. The molecule has 0 heterocycles. The van der Waals surface area contributed by atoms with E-state index in [0.717, 1.165) is 44.2 Å². The van der Waals surface area contributed by atoms with E-state index in [-0.39, 0.29) is 42.8 Å². The molecule has 2 aliphatic carbocycles. The first-order valence-corrected chi connectivity index (χ1v) is 8.68. The minimum atomic E-state index is -4.43. The molecule has 26 heavy (non-hydrogen) atoms. The van der Waals surface area contributed by atoms with Crippen LogP contribution in [0.25, 0.3) is 0 Å². The Morgan fingerprint density at radius 2 is 1.88 bits per heavy atom. The highest BCUT2D eigenvalue weighted by molar-refractivity contribution is 5.85. The third-order valence-corrected chi connectivity index (χ3v) is 5.24. The molecule has 1 amide bonds. The molecule has 2 bridgehead atoms. The van der Waals surface area contributed by atoms with Crippen molar-refractivity contribution in [1.29, 1.82) is 0 Å². The lowest BCUT2D eigenvalue weighted by atomic mass is 9.67. The summed E-state index contributed by atoms with van der Waals surface area (Å²) in [5.74, 6) is 0.519. The number of nitrogens with two attached hydrogens (primary N) is 1. The maximum absolute atomic E-state index is 12.7. The lowest BCUT2D eigenvalue weighted by Crippen LogP contribution is -2.54. The van der Waals surface area contributed by atoms with Crippen LogP contribution in [0, 0.1) is 11.8 Å². The lowest BCUT2D eigenvalue weighted by Gasteiger charge is -2.45. The van der Waals surface area contributed by atoms with Crippen molar-refractivity contribution in [3.05, 3.63) is 29.8 Å². The van der Waals surface area contributed by atoms with Crippen LogP contribution in [0.2, 0.25) is 0 Å². The molecule has 2 fully saturated rings. The van der Waals surface area contributed by atoms with E-state index < -0.39 is 11.7 Å². The van der Waals surface area contributed by atoms with E-state index >= 15 is 0 Å². The summed E-state index contributed by atoms with van der Waals surface area (Å²) in [5, 5.41) is 3.01. The molecule has 2 atom stereocenters. The van der Waals surface area contributed by atoms with E-state index in [1.165, 1.54) is 12.1 Å². The Bertz CT molecular complexity index is 613. The maximum atomic E-state index is 12.7. The number of hydrogen-bond acceptors (Lipinski definition) is 3. The van der Waals surface area contributed by atoms with Gasteiger partial charge in [-0.05, 0) is 55.7 Å². The number of ether oxygens (including phenoxy) is 1. The van der Waals surface area contributed by atoms with Gasteiger partial charge in [0, 0.05) is 12.1 Å². The predicted molar refractivity (Wildman–Crippen MR) is 94.2 cm³/mol. The highest BCUT2D eigenvalue weighted by Gasteiger charge is 2.39. The highest BCUT2D eigenvalue weighted by atomic mass is 35.5. The molecule has 0 spiro atoms. The average Bonchev–Trinajstić information content (AvgIpc) is 2.53. The number of amides is 1. The van der Waals surface area contributed by atoms with Crippen molar-refractivity contribution >= 4 is 18.3 Å². The molecule has 3 rings (SSSR count). The maximum Gasteiger partial charge on any atom is 0.416 e. The van der Waals surface area contributed by atoms with Crippen LogP contribution in [0.5, 0.6) is 5.75 Å². The minimum Gasteiger partial charge on any atom is -0.484 e. The SMILES string of the molecule is Cl.NC1CC2CCCC(C1)C2NC(=O)COc1cccc(C(F)(F)F)c1. The van der Waals surface area contributed by atoms with Crippen molar-refractivity contribution in [3.63, 3.8) is 0 Å². The molecule has 146 valence electrons. The summed E-state index contributed by atoms with van der Waals surface area (Å²) >= 11 is 0. The zero-order valence-electron chi connectivity index (χ0n) is 14.3. The largest absolute Gasteiger partial charge is 0.484 e. The number of halogens is 4. The first-order valence-electron chi connectivity index (χ1n) is 8.68. The fourth-order valence-electron chi connectivity index (χ4n) is 4.16. The minimum absolute atomic E-state index is 0. The van der Waals surface area contributed by atoms with E-state index in [1.54, 1.807) is 0 Å². The normalized spacial score (nSPS) is 28.0. The van der Waals surface area contributed by atoms with Crippen LogP contribution in [-0.2, 0) is 11.0 Å². The van der Waals surface area contributed by atoms with Gasteiger partial charge in [0.1, 0.15) is 5.75 Å². The van der Waals surface area contributed by atoms with Crippen molar-refractivity contribution in [3.8, 4) is 5.75 Å². The van der Waals surface area contributed by atoms with Gasteiger partial charge in [0.05, 0.1) is 5.56 Å². The zero-order valence-corrected chi connectivity index (χ0v) is 15.1. The topological polar surface area (TPSA) is 64.3 Å². The molecular weight excluding hydrogens is 369 g/mol. The van der Waals surface area contributed by atoms with Gasteiger partial charge in [-0.15, -0.1) is 12.4 Å². The molecule has 1 aromatic carbocycles. The number of benzene rings is 1. The van der Waals surface area contributed by atoms with E-state index in [4.69, 9.17) is 10.5 Å². The number of rotatable bonds is 4. The first-order chi connectivity index (χ1) is 11.8. The van der Waals surface area contributed by atoms with Gasteiger partial charge in [-0.25, -0.2) is 0 Å². The molecule has 4 nitrogen and oxygen atoms in total. The van der Waals surface area contributed by atoms with Gasteiger partial charge >= 0.3 is 6.18 Å². The summed E-state index contributed by atoms with van der Waals surface area (Å²) in [6.07, 6.45) is 0.675. The van der Waals surface area contributed by atoms with Gasteiger partial charge in [-0.1, -0.05) is 12.5 Å². The fourth-order valence-corrected chi connectivity index (χ4v) is 4.16. The summed E-state index contributed by atoms with van der Waals surface area (Å²) in [6.45, 7) is -0.288. The van der Waals surface area contributed by atoms with Crippen molar-refractivity contribution in [2.75, 3.05) is 6.61 Å². The molecule has 1 aromatic rings. The van der Waals surface area contributed by atoms with Crippen molar-refractivity contribution < 1.29 is 22.7 Å². The van der Waals surface area contributed by atoms with Crippen LogP contribution in [-0.4, -0.2) is 24.6 Å². The Hall–Kier alpha value is -1.47. The Morgan fingerprint density at radius 1 is 1.23 bits per heavy atom. The van der Waals surface area contributed by atoms with Gasteiger partial charge in [0.15, 0.2) is 6.61 Å². The number of carbonyl (C=O) groups is 1. The van der Waals surface area contributed by atoms with Crippen LogP contribution < -0.4 is 15.8 Å². The molecular formula is C18H24ClF3N2O2. The quantitative estimate of drug-likeness (QED) is 0.823. The molecule has 0 radical (unpaired) electrons. The van der Waals surface area contributed by atoms with Crippen LogP contribution in [0.1, 0.15) is 37.7 Å². The average molecular weight is 393 g/mol. The van der Waals surface area contributed by atoms with E-state index in [9.17, 15) is 18.0 Å². The smallest absolute Gasteiger partial charge is 0.416 e. The highest BCUT2D eigenvalue weighted by Crippen LogP contribution is 2.39. The lowest BCUT2D eigenvalue weighted by molar-refractivity contribution is -0.137. The summed E-state index contributed by atoms with van der Waals surface area (Å²) in [4.78, 5) is 12.2. The molecule has 8 heteroatoms. The molecule has 0 aliphatic heterocycles. The number of nitrogens with one attached hydrogen (secondary N) is 1. The third kappa shape index (κ3) is 5.04. The monoisotopic (exact) mass is 392 g/mol. The number of fused-ring (bicyclic) bond motifs is 2. The van der Waals surface area contributed by atoms with Gasteiger partial charge in [-0.3, -0.25) is 4.79 Å². The van der Waals surface area contributed by atoms with Crippen LogP contribution in [0.3, 0.4) is 0 Å². The number of hydrogen-bond donors (Lipinski definition) is 2. The third-order valence-electron chi connectivity index (χ3n) is 5.24. The van der Waals surface area contributed by atoms with Crippen LogP contribution in [0.15, 0.2) is 24.3 Å². The van der Waals surface area contributed by atoms with Gasteiger partial charge in [0.2, 0.25) is 0 Å². The second-order valence-electron chi connectivity index (χ2n) is 7.09. The summed E-state index contributed by atoms with van der Waals surface area (Å²) in [6, 6.07) is 4.86. The zero-order chi connectivity index (χ0) is 18.0. The Kier molecular flexibility index (Phi) is 6.80. The summed E-state index contributed by atoms with van der Waals surface area (Å²) < 4.78 is 43.3.